The summed E-state index contributed by atoms with van der Waals surface area (Å²) < 4.78 is 33.9. The van der Waals surface area contributed by atoms with Crippen LogP contribution in [0.4, 0.5) is 0 Å². The number of carbonyl (C=O) groups is 1. The van der Waals surface area contributed by atoms with E-state index in [9.17, 15) is 13.2 Å². The topological polar surface area (TPSA) is 75.7 Å². The lowest BCUT2D eigenvalue weighted by Crippen LogP contribution is -2.42. The summed E-state index contributed by atoms with van der Waals surface area (Å²) in [5.41, 5.74) is 0.622. The van der Waals surface area contributed by atoms with E-state index in [4.69, 9.17) is 27.9 Å². The minimum absolute atomic E-state index is 0.0252. The third-order valence-corrected chi connectivity index (χ3v) is 7.74. The van der Waals surface area contributed by atoms with Gasteiger partial charge >= 0.3 is 0 Å². The lowest BCUT2D eigenvalue weighted by molar-refractivity contribution is -0.121. The van der Waals surface area contributed by atoms with Gasteiger partial charge in [-0.2, -0.15) is 4.31 Å². The van der Waals surface area contributed by atoms with E-state index in [-0.39, 0.29) is 24.1 Å². The smallest absolute Gasteiger partial charge is 0.243 e. The van der Waals surface area contributed by atoms with Crippen molar-refractivity contribution in [2.75, 3.05) is 19.7 Å². The van der Waals surface area contributed by atoms with E-state index >= 15 is 0 Å². The van der Waals surface area contributed by atoms with Crippen molar-refractivity contribution in [3.05, 3.63) is 62.5 Å². The normalized spacial score (nSPS) is 16.7. The Balaban J connectivity index is 1.80. The number of amides is 1. The molecule has 0 unspecified atom stereocenters. The number of ether oxygens (including phenoxy) is 1. The molecular formula is C20H21BrCl2N2O4S. The maximum atomic E-state index is 13.2. The van der Waals surface area contributed by atoms with Crippen molar-refractivity contribution >= 4 is 55.1 Å². The van der Waals surface area contributed by atoms with Gasteiger partial charge in [-0.3, -0.25) is 4.79 Å². The Labute approximate surface area is 194 Å². The fourth-order valence-corrected chi connectivity index (χ4v) is 5.04. The van der Waals surface area contributed by atoms with Gasteiger partial charge in [0, 0.05) is 24.2 Å². The molecule has 1 atom stereocenters. The molecule has 0 saturated carbocycles. The predicted molar refractivity (Wildman–Crippen MR) is 120 cm³/mol. The number of carbonyl (C=O) groups excluding carboxylic acids is 1. The van der Waals surface area contributed by atoms with Crippen molar-refractivity contribution in [3.63, 3.8) is 0 Å². The van der Waals surface area contributed by atoms with Gasteiger partial charge in [0.25, 0.3) is 0 Å². The number of halogens is 3. The zero-order chi connectivity index (χ0) is 21.7. The third-order valence-electron chi connectivity index (χ3n) is 4.67. The average molecular weight is 536 g/mol. The van der Waals surface area contributed by atoms with Gasteiger partial charge in [-0.25, -0.2) is 8.42 Å². The molecule has 1 fully saturated rings. The van der Waals surface area contributed by atoms with Crippen LogP contribution in [0.25, 0.3) is 0 Å². The molecule has 0 spiro atoms. The van der Waals surface area contributed by atoms with Gasteiger partial charge in [0.05, 0.1) is 27.6 Å². The maximum Gasteiger partial charge on any atom is 0.243 e. The summed E-state index contributed by atoms with van der Waals surface area (Å²) in [6, 6.07) is 11.1. The standard InChI is InChI=1S/C20H21BrCl2N2O4S/c21-15-4-6-17(7-5-15)30(27,28)25(12-14-3-8-18(22)19(23)10-14)13-20(26)24-11-16-2-1-9-29-16/h3-8,10,16H,1-2,9,11-13H2,(H,24,26)/t16-/m1/s1. The van der Waals surface area contributed by atoms with Crippen molar-refractivity contribution < 1.29 is 17.9 Å². The number of hydrogen-bond donors (Lipinski definition) is 1. The molecule has 0 aliphatic carbocycles. The van der Waals surface area contributed by atoms with E-state index in [0.717, 1.165) is 21.6 Å². The Hall–Kier alpha value is -1.16. The maximum absolute atomic E-state index is 13.2. The van der Waals surface area contributed by atoms with Gasteiger partial charge in [0.15, 0.2) is 0 Å². The molecule has 6 nitrogen and oxygen atoms in total. The highest BCUT2D eigenvalue weighted by Crippen LogP contribution is 2.25. The van der Waals surface area contributed by atoms with E-state index in [0.29, 0.717) is 28.8 Å². The molecule has 10 heteroatoms. The summed E-state index contributed by atoms with van der Waals surface area (Å²) in [5, 5.41) is 3.46. The number of hydrogen-bond acceptors (Lipinski definition) is 4. The zero-order valence-electron chi connectivity index (χ0n) is 16.0. The van der Waals surface area contributed by atoms with Crippen LogP contribution in [0.2, 0.25) is 10.0 Å². The van der Waals surface area contributed by atoms with E-state index in [1.54, 1.807) is 30.3 Å². The molecule has 162 valence electrons. The summed E-state index contributed by atoms with van der Waals surface area (Å²) in [5.74, 6) is -0.397. The number of nitrogens with one attached hydrogen (secondary N) is 1. The number of sulfonamides is 1. The number of rotatable bonds is 8. The monoisotopic (exact) mass is 534 g/mol. The van der Waals surface area contributed by atoms with Gasteiger partial charge in [-0.15, -0.1) is 0 Å². The molecule has 1 heterocycles. The second-order valence-corrected chi connectivity index (χ2v) is 10.6. The van der Waals surface area contributed by atoms with E-state index < -0.39 is 15.9 Å². The Kier molecular flexibility index (Phi) is 8.17. The molecule has 2 aromatic rings. The Morgan fingerprint density at radius 2 is 1.90 bits per heavy atom. The first kappa shape index (κ1) is 23.5. The fourth-order valence-electron chi connectivity index (χ4n) is 3.07. The second kappa shape index (κ2) is 10.4. The molecule has 1 amide bonds. The minimum atomic E-state index is -3.93. The highest BCUT2D eigenvalue weighted by Gasteiger charge is 2.27. The molecule has 30 heavy (non-hydrogen) atoms. The van der Waals surface area contributed by atoms with Crippen molar-refractivity contribution in [1.29, 1.82) is 0 Å². The number of nitrogens with zero attached hydrogens (tertiary/aromatic N) is 1. The summed E-state index contributed by atoms with van der Waals surface area (Å²) >= 11 is 15.3. The summed E-state index contributed by atoms with van der Waals surface area (Å²) in [6.45, 7) is 0.688. The Morgan fingerprint density at radius 1 is 1.17 bits per heavy atom. The second-order valence-electron chi connectivity index (χ2n) is 6.91. The van der Waals surface area contributed by atoms with E-state index in [1.165, 1.54) is 12.1 Å². The van der Waals surface area contributed by atoms with Gasteiger partial charge < -0.3 is 10.1 Å². The van der Waals surface area contributed by atoms with Crippen LogP contribution >= 0.6 is 39.1 Å². The highest BCUT2D eigenvalue weighted by atomic mass is 79.9. The zero-order valence-corrected chi connectivity index (χ0v) is 19.9. The lowest BCUT2D eigenvalue weighted by atomic mass is 10.2. The van der Waals surface area contributed by atoms with Crippen LogP contribution in [0.1, 0.15) is 18.4 Å². The van der Waals surface area contributed by atoms with Gasteiger partial charge in [0.1, 0.15) is 0 Å². The molecule has 0 bridgehead atoms. The first-order valence-electron chi connectivity index (χ1n) is 9.33. The third kappa shape index (κ3) is 6.18. The van der Waals surface area contributed by atoms with Crippen molar-refractivity contribution in [2.45, 2.75) is 30.4 Å². The Bertz CT molecular complexity index is 996. The first-order chi connectivity index (χ1) is 14.3. The van der Waals surface area contributed by atoms with Crippen molar-refractivity contribution in [1.82, 2.24) is 9.62 Å². The van der Waals surface area contributed by atoms with Crippen molar-refractivity contribution in [2.24, 2.45) is 0 Å². The summed E-state index contributed by atoms with van der Waals surface area (Å²) in [4.78, 5) is 12.6. The molecule has 0 aromatic heterocycles. The Morgan fingerprint density at radius 3 is 2.53 bits per heavy atom. The quantitative estimate of drug-likeness (QED) is 0.548. The average Bonchev–Trinajstić information content (AvgIpc) is 3.23. The molecule has 1 N–H and O–H groups in total. The van der Waals surface area contributed by atoms with Crippen LogP contribution in [0.3, 0.4) is 0 Å². The van der Waals surface area contributed by atoms with Crippen LogP contribution < -0.4 is 5.32 Å². The molecule has 1 aliphatic rings. The fraction of sp³-hybridized carbons (Fsp3) is 0.350. The molecule has 2 aromatic carbocycles. The number of benzene rings is 2. The summed E-state index contributed by atoms with van der Waals surface area (Å²) in [7, 11) is -3.93. The van der Waals surface area contributed by atoms with Crippen LogP contribution in [0.5, 0.6) is 0 Å². The minimum Gasteiger partial charge on any atom is -0.376 e. The van der Waals surface area contributed by atoms with Crippen LogP contribution in [-0.2, 0) is 26.1 Å². The summed E-state index contributed by atoms with van der Waals surface area (Å²) in [6.07, 6.45) is 1.81. The van der Waals surface area contributed by atoms with Crippen LogP contribution in [0, 0.1) is 0 Å². The van der Waals surface area contributed by atoms with Gasteiger partial charge in [0.2, 0.25) is 15.9 Å². The SMILES string of the molecule is O=C(CN(Cc1ccc(Cl)c(Cl)c1)S(=O)(=O)c1ccc(Br)cc1)NC[C@H]1CCCO1. The van der Waals surface area contributed by atoms with Gasteiger partial charge in [-0.1, -0.05) is 45.2 Å². The largest absolute Gasteiger partial charge is 0.376 e. The molecule has 1 saturated heterocycles. The molecular weight excluding hydrogens is 515 g/mol. The lowest BCUT2D eigenvalue weighted by Gasteiger charge is -2.22. The van der Waals surface area contributed by atoms with E-state index in [2.05, 4.69) is 21.2 Å². The first-order valence-corrected chi connectivity index (χ1v) is 12.3. The van der Waals surface area contributed by atoms with Crippen LogP contribution in [0.15, 0.2) is 51.8 Å². The van der Waals surface area contributed by atoms with Gasteiger partial charge in [-0.05, 0) is 54.8 Å². The molecule has 0 radical (unpaired) electrons. The predicted octanol–water partition coefficient (Wildman–Crippen LogP) is 4.24. The van der Waals surface area contributed by atoms with E-state index in [1.807, 2.05) is 0 Å². The highest BCUT2D eigenvalue weighted by molar-refractivity contribution is 9.10. The van der Waals surface area contributed by atoms with Crippen molar-refractivity contribution in [3.8, 4) is 0 Å². The van der Waals surface area contributed by atoms with Crippen LogP contribution in [-0.4, -0.2) is 44.4 Å². The molecule has 1 aliphatic heterocycles. The molecule has 3 rings (SSSR count).